The third-order valence-electron chi connectivity index (χ3n) is 5.56. The summed E-state index contributed by atoms with van der Waals surface area (Å²) in [6.07, 6.45) is 16.2. The van der Waals surface area contributed by atoms with Crippen LogP contribution < -0.4 is 0 Å². The summed E-state index contributed by atoms with van der Waals surface area (Å²) in [6, 6.07) is 11.2. The zero-order chi connectivity index (χ0) is 14.3. The molecule has 0 N–H and O–H groups in total. The maximum atomic E-state index is 2.40. The smallest absolute Gasteiger partial charge is 0.0211 e. The van der Waals surface area contributed by atoms with Gasteiger partial charge in [-0.15, -0.1) is 0 Å². The first-order chi connectivity index (χ1) is 10.9. The Morgan fingerprint density at radius 1 is 0.682 bits per heavy atom. The van der Waals surface area contributed by atoms with E-state index < -0.39 is 0 Å². The van der Waals surface area contributed by atoms with E-state index in [0.717, 1.165) is 0 Å². The quantitative estimate of drug-likeness (QED) is 0.605. The van der Waals surface area contributed by atoms with Crippen LogP contribution in [0, 0.1) is 5.92 Å². The summed E-state index contributed by atoms with van der Waals surface area (Å²) in [6.45, 7) is 0. The molecule has 6 rings (SSSR count). The Balaban J connectivity index is 1.85. The summed E-state index contributed by atoms with van der Waals surface area (Å²) >= 11 is 0. The van der Waals surface area contributed by atoms with E-state index in [-0.39, 0.29) is 0 Å². The number of benzene rings is 2. The molecule has 4 aliphatic carbocycles. The molecule has 0 spiro atoms. The van der Waals surface area contributed by atoms with Crippen molar-refractivity contribution in [3.8, 4) is 0 Å². The molecule has 102 valence electrons. The Hall–Kier alpha value is -2.60. The van der Waals surface area contributed by atoms with Gasteiger partial charge in [-0.05, 0) is 44.2 Å². The van der Waals surface area contributed by atoms with Crippen molar-refractivity contribution < 1.29 is 0 Å². The molecule has 2 atom stereocenters. The summed E-state index contributed by atoms with van der Waals surface area (Å²) in [5.74, 6) is 1.00. The van der Waals surface area contributed by atoms with Crippen LogP contribution in [0.5, 0.6) is 0 Å². The monoisotopic (exact) mass is 278 g/mol. The summed E-state index contributed by atoms with van der Waals surface area (Å²) in [5, 5.41) is 2.84. The maximum Gasteiger partial charge on any atom is 0.0211 e. The van der Waals surface area contributed by atoms with Crippen LogP contribution in [0.4, 0.5) is 0 Å². The zero-order valence-electron chi connectivity index (χ0n) is 12.1. The zero-order valence-corrected chi connectivity index (χ0v) is 12.1. The first kappa shape index (κ1) is 11.0. The highest BCUT2D eigenvalue weighted by Crippen LogP contribution is 2.55. The lowest BCUT2D eigenvalue weighted by Crippen LogP contribution is -2.27. The van der Waals surface area contributed by atoms with Crippen molar-refractivity contribution in [3.05, 3.63) is 94.1 Å². The average molecular weight is 278 g/mol. The third-order valence-corrected chi connectivity index (χ3v) is 5.56. The molecule has 0 heteroatoms. The molecule has 0 bridgehead atoms. The molecule has 0 heterocycles. The van der Waals surface area contributed by atoms with Gasteiger partial charge in [0.2, 0.25) is 0 Å². The number of allylic oxidation sites excluding steroid dienone is 8. The predicted octanol–water partition coefficient (Wildman–Crippen LogP) is 5.40. The highest BCUT2D eigenvalue weighted by molar-refractivity contribution is 6.00. The highest BCUT2D eigenvalue weighted by Gasteiger charge is 2.39. The van der Waals surface area contributed by atoms with Gasteiger partial charge in [0, 0.05) is 11.8 Å². The average Bonchev–Trinajstić information content (AvgIpc) is 2.57. The fourth-order valence-electron chi connectivity index (χ4n) is 4.70. The van der Waals surface area contributed by atoms with Crippen molar-refractivity contribution in [2.24, 2.45) is 5.92 Å². The first-order valence-electron chi connectivity index (χ1n) is 7.95. The molecule has 2 aromatic rings. The van der Waals surface area contributed by atoms with Crippen LogP contribution in [0.3, 0.4) is 0 Å². The van der Waals surface area contributed by atoms with Crippen molar-refractivity contribution in [1.29, 1.82) is 0 Å². The van der Waals surface area contributed by atoms with Gasteiger partial charge >= 0.3 is 0 Å². The Kier molecular flexibility index (Phi) is 1.80. The van der Waals surface area contributed by atoms with Crippen LogP contribution in [-0.4, -0.2) is 0 Å². The molecule has 22 heavy (non-hydrogen) atoms. The SMILES string of the molecule is C1=CC2=Cc3ccc4cccc5c4c3C3C(=C5)C=CC(=C1)C23. The second-order valence-corrected chi connectivity index (χ2v) is 6.62. The number of rotatable bonds is 0. The molecule has 2 unspecified atom stereocenters. The molecule has 0 saturated heterocycles. The fraction of sp³-hybridized carbons (Fsp3) is 0.0909. The van der Waals surface area contributed by atoms with Gasteiger partial charge in [0.15, 0.2) is 0 Å². The summed E-state index contributed by atoms with van der Waals surface area (Å²) in [7, 11) is 0. The molecule has 0 aromatic heterocycles. The Morgan fingerprint density at radius 2 is 1.55 bits per heavy atom. The summed E-state index contributed by atoms with van der Waals surface area (Å²) in [4.78, 5) is 0. The molecular formula is C22H14. The van der Waals surface area contributed by atoms with Gasteiger partial charge < -0.3 is 0 Å². The van der Waals surface area contributed by atoms with E-state index in [0.29, 0.717) is 11.8 Å². The van der Waals surface area contributed by atoms with E-state index in [2.05, 4.69) is 72.9 Å². The van der Waals surface area contributed by atoms with Crippen LogP contribution in [0.2, 0.25) is 0 Å². The van der Waals surface area contributed by atoms with Crippen molar-refractivity contribution >= 4 is 22.9 Å². The van der Waals surface area contributed by atoms with Gasteiger partial charge in [-0.25, -0.2) is 0 Å². The fourth-order valence-corrected chi connectivity index (χ4v) is 4.70. The van der Waals surface area contributed by atoms with Gasteiger partial charge in [-0.2, -0.15) is 0 Å². The minimum Gasteiger partial charge on any atom is -0.0617 e. The third kappa shape index (κ3) is 1.16. The minimum absolute atomic E-state index is 0.495. The van der Waals surface area contributed by atoms with Gasteiger partial charge in [0.05, 0.1) is 0 Å². The molecular weight excluding hydrogens is 264 g/mol. The van der Waals surface area contributed by atoms with Crippen LogP contribution in [-0.2, 0) is 0 Å². The van der Waals surface area contributed by atoms with Crippen LogP contribution in [0.25, 0.3) is 22.9 Å². The topological polar surface area (TPSA) is 0 Å². The minimum atomic E-state index is 0.495. The molecule has 4 aliphatic rings. The second-order valence-electron chi connectivity index (χ2n) is 6.62. The number of hydrogen-bond donors (Lipinski definition) is 0. The number of hydrogen-bond acceptors (Lipinski definition) is 0. The van der Waals surface area contributed by atoms with Crippen molar-refractivity contribution in [3.63, 3.8) is 0 Å². The Bertz CT molecular complexity index is 1020. The molecule has 2 aromatic carbocycles. The van der Waals surface area contributed by atoms with E-state index in [4.69, 9.17) is 0 Å². The maximum absolute atomic E-state index is 2.40. The Labute approximate surface area is 129 Å². The van der Waals surface area contributed by atoms with E-state index in [1.807, 2.05) is 0 Å². The van der Waals surface area contributed by atoms with E-state index in [1.54, 1.807) is 5.56 Å². The van der Waals surface area contributed by atoms with E-state index in [1.165, 1.54) is 38.6 Å². The molecule has 0 nitrogen and oxygen atoms in total. The second kappa shape index (κ2) is 3.59. The van der Waals surface area contributed by atoms with Crippen molar-refractivity contribution in [2.75, 3.05) is 0 Å². The molecule has 0 saturated carbocycles. The molecule has 0 radical (unpaired) electrons. The van der Waals surface area contributed by atoms with Gasteiger partial charge in [0.25, 0.3) is 0 Å². The van der Waals surface area contributed by atoms with Gasteiger partial charge in [-0.1, -0.05) is 72.9 Å². The van der Waals surface area contributed by atoms with Crippen LogP contribution in [0.1, 0.15) is 22.6 Å². The van der Waals surface area contributed by atoms with Gasteiger partial charge in [0.1, 0.15) is 0 Å². The van der Waals surface area contributed by atoms with Crippen LogP contribution >= 0.6 is 0 Å². The van der Waals surface area contributed by atoms with Crippen molar-refractivity contribution in [1.82, 2.24) is 0 Å². The predicted molar refractivity (Wildman–Crippen MR) is 92.5 cm³/mol. The lowest BCUT2D eigenvalue weighted by molar-refractivity contribution is 0.622. The van der Waals surface area contributed by atoms with E-state index in [9.17, 15) is 0 Å². The Morgan fingerprint density at radius 3 is 2.55 bits per heavy atom. The summed E-state index contributed by atoms with van der Waals surface area (Å²) in [5.41, 5.74) is 8.71. The van der Waals surface area contributed by atoms with E-state index >= 15 is 0 Å². The standard InChI is InChI=1S/C22H14/c1-3-13-7-9-18-12-16-6-2-4-14-8-10-17-11-15(5-1)19(13)21(18)22(17)20(14)16/h1-12,19,21H. The summed E-state index contributed by atoms with van der Waals surface area (Å²) < 4.78 is 0. The van der Waals surface area contributed by atoms with Gasteiger partial charge in [-0.3, -0.25) is 0 Å². The normalized spacial score (nSPS) is 25.7. The lowest BCUT2D eigenvalue weighted by Gasteiger charge is -2.41. The molecule has 0 fully saturated rings. The largest absolute Gasteiger partial charge is 0.0617 e. The first-order valence-corrected chi connectivity index (χ1v) is 7.95. The van der Waals surface area contributed by atoms with Crippen LogP contribution in [0.15, 0.2) is 77.4 Å². The molecule has 0 aliphatic heterocycles. The molecule has 0 amide bonds. The highest BCUT2D eigenvalue weighted by atomic mass is 14.4. The lowest BCUT2D eigenvalue weighted by atomic mass is 9.62. The van der Waals surface area contributed by atoms with Crippen molar-refractivity contribution in [2.45, 2.75) is 5.92 Å².